The lowest BCUT2D eigenvalue weighted by molar-refractivity contribution is -0.00725. The molecule has 4 fully saturated rings. The number of hydrogen-bond acceptors (Lipinski definition) is 5. The molecule has 0 spiro atoms. The van der Waals surface area contributed by atoms with Crippen molar-refractivity contribution in [3.8, 4) is 0 Å². The van der Waals surface area contributed by atoms with Crippen molar-refractivity contribution in [2.24, 2.45) is 17.8 Å². The molecule has 4 aliphatic rings. The molecule has 4 aliphatic carbocycles. The highest BCUT2D eigenvalue weighted by atomic mass is 32.1. The highest BCUT2D eigenvalue weighted by Crippen LogP contribution is 2.60. The van der Waals surface area contributed by atoms with Gasteiger partial charge in [0.2, 0.25) is 0 Å². The number of rotatable bonds is 3. The summed E-state index contributed by atoms with van der Waals surface area (Å²) in [6, 6.07) is 0. The third-order valence-electron chi connectivity index (χ3n) is 5.82. The van der Waals surface area contributed by atoms with Gasteiger partial charge in [0, 0.05) is 11.6 Å². The van der Waals surface area contributed by atoms with Gasteiger partial charge in [-0.1, -0.05) is 5.21 Å². The zero-order chi connectivity index (χ0) is 13.9. The Bertz CT molecular complexity index is 612. The van der Waals surface area contributed by atoms with Gasteiger partial charge in [-0.15, -0.1) is 26.6 Å². The molecule has 6 heteroatoms. The highest BCUT2D eigenvalue weighted by molar-refractivity contribution is 7.09. The van der Waals surface area contributed by atoms with Crippen LogP contribution in [0.25, 0.3) is 0 Å². The monoisotopic (exact) mass is 301 g/mol. The molecule has 4 saturated carbocycles. The lowest BCUT2D eigenvalue weighted by atomic mass is 9.49. The molecule has 0 N–H and O–H groups in total. The number of hydrogen-bond donors (Lipinski definition) is 0. The van der Waals surface area contributed by atoms with E-state index in [1.54, 1.807) is 16.8 Å². The van der Waals surface area contributed by atoms with Gasteiger partial charge in [-0.2, -0.15) is 0 Å². The van der Waals surface area contributed by atoms with Crippen LogP contribution in [0.15, 0.2) is 11.7 Å². The predicted octanol–water partition coefficient (Wildman–Crippen LogP) is 2.65. The Morgan fingerprint density at radius 1 is 1.10 bits per heavy atom. The van der Waals surface area contributed by atoms with Gasteiger partial charge in [0.25, 0.3) is 0 Å². The molecule has 2 heterocycles. The summed E-state index contributed by atoms with van der Waals surface area (Å²) in [7, 11) is 0. The zero-order valence-electron chi connectivity index (χ0n) is 12.0. The molecule has 4 bridgehead atoms. The van der Waals surface area contributed by atoms with Gasteiger partial charge < -0.3 is 0 Å². The van der Waals surface area contributed by atoms with E-state index < -0.39 is 0 Å². The smallest absolute Gasteiger partial charge is 0.138 e. The third kappa shape index (κ3) is 1.95. The molecular weight excluding hydrogens is 282 g/mol. The van der Waals surface area contributed by atoms with Crippen LogP contribution >= 0.6 is 11.3 Å². The van der Waals surface area contributed by atoms with Gasteiger partial charge in [0.15, 0.2) is 0 Å². The van der Waals surface area contributed by atoms with Crippen molar-refractivity contribution in [1.82, 2.24) is 25.2 Å². The second-order valence-electron chi connectivity index (χ2n) is 7.33. The Kier molecular flexibility index (Phi) is 2.54. The highest BCUT2D eigenvalue weighted by Gasteiger charge is 2.52. The van der Waals surface area contributed by atoms with E-state index >= 15 is 0 Å². The van der Waals surface area contributed by atoms with Crippen LogP contribution in [0.1, 0.15) is 49.2 Å². The Morgan fingerprint density at radius 2 is 1.81 bits per heavy atom. The molecule has 6 rings (SSSR count). The fourth-order valence-electron chi connectivity index (χ4n) is 5.45. The second kappa shape index (κ2) is 4.35. The maximum Gasteiger partial charge on any atom is 0.138 e. The molecule has 0 aromatic carbocycles. The van der Waals surface area contributed by atoms with E-state index in [1.807, 2.05) is 4.68 Å². The Balaban J connectivity index is 1.44. The first-order valence-corrected chi connectivity index (χ1v) is 8.83. The normalized spacial score (nSPS) is 37.2. The minimum absolute atomic E-state index is 0.341. The summed E-state index contributed by atoms with van der Waals surface area (Å²) < 4.78 is 1.94. The first-order chi connectivity index (χ1) is 10.3. The summed E-state index contributed by atoms with van der Waals surface area (Å²) in [6.45, 7) is 0.698. The van der Waals surface area contributed by atoms with Gasteiger partial charge in [-0.05, 0) is 56.3 Å². The van der Waals surface area contributed by atoms with Crippen LogP contribution in [0.3, 0.4) is 0 Å². The third-order valence-corrected chi connectivity index (χ3v) is 6.51. The van der Waals surface area contributed by atoms with Crippen LogP contribution in [0, 0.1) is 17.8 Å². The van der Waals surface area contributed by atoms with Crippen molar-refractivity contribution in [1.29, 1.82) is 0 Å². The zero-order valence-corrected chi connectivity index (χ0v) is 12.8. The molecule has 0 atom stereocenters. The SMILES string of the molecule is c1nnc(Cn2cc(C34CC5CC(CC(C5)C3)C4)nn2)s1. The van der Waals surface area contributed by atoms with Crippen molar-refractivity contribution in [3.05, 3.63) is 22.4 Å². The second-order valence-corrected chi connectivity index (χ2v) is 8.25. The molecule has 0 radical (unpaired) electrons. The van der Waals surface area contributed by atoms with Crippen molar-refractivity contribution in [2.45, 2.75) is 50.5 Å². The van der Waals surface area contributed by atoms with Crippen LogP contribution in [-0.2, 0) is 12.0 Å². The first-order valence-electron chi connectivity index (χ1n) is 7.95. The van der Waals surface area contributed by atoms with Gasteiger partial charge in [-0.25, -0.2) is 4.68 Å². The van der Waals surface area contributed by atoms with E-state index in [1.165, 1.54) is 44.2 Å². The topological polar surface area (TPSA) is 56.5 Å². The molecule has 2 aromatic heterocycles. The minimum atomic E-state index is 0.341. The molecule has 0 unspecified atom stereocenters. The van der Waals surface area contributed by atoms with Crippen LogP contribution in [-0.4, -0.2) is 25.2 Å². The Morgan fingerprint density at radius 3 is 2.43 bits per heavy atom. The maximum atomic E-state index is 4.56. The van der Waals surface area contributed by atoms with E-state index in [-0.39, 0.29) is 0 Å². The molecule has 21 heavy (non-hydrogen) atoms. The summed E-state index contributed by atoms with van der Waals surface area (Å²) in [5.41, 5.74) is 3.35. The van der Waals surface area contributed by atoms with Crippen molar-refractivity contribution in [3.63, 3.8) is 0 Å². The Hall–Kier alpha value is -1.30. The van der Waals surface area contributed by atoms with Crippen molar-refractivity contribution < 1.29 is 0 Å². The average molecular weight is 301 g/mol. The summed E-state index contributed by atoms with van der Waals surface area (Å²) in [4.78, 5) is 0. The molecular formula is C15H19N5S. The van der Waals surface area contributed by atoms with Crippen LogP contribution in [0.2, 0.25) is 0 Å². The van der Waals surface area contributed by atoms with Crippen LogP contribution in [0.4, 0.5) is 0 Å². The fraction of sp³-hybridized carbons (Fsp3) is 0.733. The summed E-state index contributed by atoms with van der Waals surface area (Å²) in [5, 5.41) is 17.9. The number of aromatic nitrogens is 5. The van der Waals surface area contributed by atoms with Gasteiger partial charge in [0.1, 0.15) is 10.5 Å². The molecule has 0 saturated heterocycles. The fourth-order valence-corrected chi connectivity index (χ4v) is 5.96. The molecule has 0 amide bonds. The Labute approximate surface area is 127 Å². The molecule has 0 aliphatic heterocycles. The first kappa shape index (κ1) is 12.3. The molecule has 110 valence electrons. The van der Waals surface area contributed by atoms with Crippen LogP contribution < -0.4 is 0 Å². The lowest BCUT2D eigenvalue weighted by Gasteiger charge is -2.56. The van der Waals surface area contributed by atoms with Gasteiger partial charge in [0.05, 0.1) is 12.2 Å². The summed E-state index contributed by atoms with van der Waals surface area (Å²) >= 11 is 1.58. The standard InChI is InChI=1S/C15H19N5S/c1-10-2-12-3-11(1)5-15(4-10,6-12)13-7-20(19-17-13)8-14-18-16-9-21-14/h7,9-12H,1-6,8H2. The van der Waals surface area contributed by atoms with Gasteiger partial charge >= 0.3 is 0 Å². The van der Waals surface area contributed by atoms with Crippen molar-refractivity contribution >= 4 is 11.3 Å². The minimum Gasteiger partial charge on any atom is -0.245 e. The molecule has 5 nitrogen and oxygen atoms in total. The van der Waals surface area contributed by atoms with Gasteiger partial charge in [-0.3, -0.25) is 0 Å². The van der Waals surface area contributed by atoms with E-state index in [4.69, 9.17) is 0 Å². The maximum absolute atomic E-state index is 4.56. The predicted molar refractivity (Wildman–Crippen MR) is 78.9 cm³/mol. The largest absolute Gasteiger partial charge is 0.245 e. The average Bonchev–Trinajstić information content (AvgIpc) is 3.09. The van der Waals surface area contributed by atoms with Crippen molar-refractivity contribution in [2.75, 3.05) is 0 Å². The lowest BCUT2D eigenvalue weighted by Crippen LogP contribution is -2.48. The van der Waals surface area contributed by atoms with E-state index in [2.05, 4.69) is 26.7 Å². The van der Waals surface area contributed by atoms with Crippen LogP contribution in [0.5, 0.6) is 0 Å². The quantitative estimate of drug-likeness (QED) is 0.874. The number of nitrogens with zero attached hydrogens (tertiary/aromatic N) is 5. The van der Waals surface area contributed by atoms with E-state index in [0.717, 1.165) is 22.8 Å². The summed E-state index contributed by atoms with van der Waals surface area (Å²) in [6.07, 6.45) is 10.6. The molecule has 2 aromatic rings. The van der Waals surface area contributed by atoms with E-state index in [0.29, 0.717) is 12.0 Å². The van der Waals surface area contributed by atoms with E-state index in [9.17, 15) is 0 Å². The summed E-state index contributed by atoms with van der Waals surface area (Å²) in [5.74, 6) is 2.85.